The van der Waals surface area contributed by atoms with Gasteiger partial charge in [0.1, 0.15) is 0 Å². The molecule has 1 amide bonds. The van der Waals surface area contributed by atoms with Gasteiger partial charge < -0.3 is 9.88 Å². The highest BCUT2D eigenvalue weighted by Gasteiger charge is 2.37. The Hall–Kier alpha value is -1.51. The topological polar surface area (TPSA) is 59.8 Å². The minimum absolute atomic E-state index is 0.0694. The van der Waals surface area contributed by atoms with E-state index < -0.39 is 17.3 Å². The van der Waals surface area contributed by atoms with Crippen LogP contribution in [0.2, 0.25) is 0 Å². The molecule has 5 nitrogen and oxygen atoms in total. The van der Waals surface area contributed by atoms with E-state index in [-0.39, 0.29) is 11.1 Å². The third kappa shape index (κ3) is 4.99. The van der Waals surface area contributed by atoms with Crippen molar-refractivity contribution in [3.05, 3.63) is 17.5 Å². The minimum atomic E-state index is -4.56. The van der Waals surface area contributed by atoms with Crippen molar-refractivity contribution in [2.45, 2.75) is 55.6 Å². The summed E-state index contributed by atoms with van der Waals surface area (Å²) in [5.74, 6) is -1.28. The van der Waals surface area contributed by atoms with Crippen LogP contribution in [0.25, 0.3) is 0 Å². The zero-order valence-electron chi connectivity index (χ0n) is 13.7. The highest BCUT2D eigenvalue weighted by Crippen LogP contribution is 2.30. The molecular weight excluding hydrogens is 341 g/mol. The lowest BCUT2D eigenvalue weighted by Crippen LogP contribution is -2.32. The Morgan fingerprint density at radius 3 is 2.75 bits per heavy atom. The third-order valence-electron chi connectivity index (χ3n) is 3.87. The van der Waals surface area contributed by atoms with E-state index >= 15 is 0 Å². The van der Waals surface area contributed by atoms with E-state index in [1.165, 1.54) is 25.5 Å². The zero-order valence-corrected chi connectivity index (χ0v) is 14.5. The Kier molecular flexibility index (Phi) is 6.31. The number of rotatable bonds is 6. The molecule has 0 radical (unpaired) electrons. The van der Waals surface area contributed by atoms with Crippen molar-refractivity contribution >= 4 is 17.7 Å². The molecule has 1 aliphatic rings. The Balaban J connectivity index is 1.83. The molecule has 24 heavy (non-hydrogen) atoms. The van der Waals surface area contributed by atoms with Crippen molar-refractivity contribution in [3.8, 4) is 0 Å². The second-order valence-electron chi connectivity index (χ2n) is 5.77. The van der Waals surface area contributed by atoms with Crippen molar-refractivity contribution in [1.29, 1.82) is 0 Å². The van der Waals surface area contributed by atoms with Crippen LogP contribution in [-0.4, -0.2) is 32.5 Å². The molecule has 1 heterocycles. The van der Waals surface area contributed by atoms with Gasteiger partial charge in [0.2, 0.25) is 11.7 Å². The number of carbonyl (C=O) groups excluding carboxylic acids is 1. The molecule has 1 atom stereocenters. The standard InChI is InChI=1S/C15H21F3N4OS/c1-10(12(23)19-9-8-11-6-4-3-5-7-11)24-14-21-20-13(22(14)2)15(16,17)18/h6,10H,3-5,7-9H2,1-2H3,(H,19,23)/t10-/m0/s1. The van der Waals surface area contributed by atoms with E-state index in [1.807, 2.05) is 0 Å². The molecule has 0 spiro atoms. The fourth-order valence-electron chi connectivity index (χ4n) is 2.50. The maximum Gasteiger partial charge on any atom is 0.451 e. The van der Waals surface area contributed by atoms with Gasteiger partial charge in [-0.05, 0) is 39.0 Å². The van der Waals surface area contributed by atoms with Crippen LogP contribution in [0.15, 0.2) is 16.8 Å². The van der Waals surface area contributed by atoms with Gasteiger partial charge >= 0.3 is 6.18 Å². The Morgan fingerprint density at radius 1 is 1.42 bits per heavy atom. The van der Waals surface area contributed by atoms with Crippen molar-refractivity contribution in [3.63, 3.8) is 0 Å². The molecule has 0 saturated heterocycles. The average Bonchev–Trinajstić information content (AvgIpc) is 2.89. The van der Waals surface area contributed by atoms with Gasteiger partial charge in [0.05, 0.1) is 5.25 Å². The van der Waals surface area contributed by atoms with Gasteiger partial charge in [-0.3, -0.25) is 4.79 Å². The predicted octanol–water partition coefficient (Wildman–Crippen LogP) is 3.32. The van der Waals surface area contributed by atoms with Crippen LogP contribution in [0.5, 0.6) is 0 Å². The number of allylic oxidation sites excluding steroid dienone is 1. The molecular formula is C15H21F3N4OS. The number of nitrogens with zero attached hydrogens (tertiary/aromatic N) is 3. The molecule has 1 aliphatic carbocycles. The highest BCUT2D eigenvalue weighted by atomic mass is 32.2. The molecule has 9 heteroatoms. The van der Waals surface area contributed by atoms with Gasteiger partial charge in [-0.2, -0.15) is 13.2 Å². The summed E-state index contributed by atoms with van der Waals surface area (Å²) in [6.07, 6.45) is 3.10. The van der Waals surface area contributed by atoms with Crippen molar-refractivity contribution < 1.29 is 18.0 Å². The first-order valence-electron chi connectivity index (χ1n) is 7.88. The van der Waals surface area contributed by atoms with Crippen molar-refractivity contribution in [2.24, 2.45) is 7.05 Å². The van der Waals surface area contributed by atoms with E-state index in [0.717, 1.165) is 35.6 Å². The lowest BCUT2D eigenvalue weighted by Gasteiger charge is -2.15. The lowest BCUT2D eigenvalue weighted by molar-refractivity contribution is -0.147. The summed E-state index contributed by atoms with van der Waals surface area (Å²) in [5.41, 5.74) is 1.37. The van der Waals surface area contributed by atoms with Crippen LogP contribution in [0, 0.1) is 0 Å². The zero-order chi connectivity index (χ0) is 17.7. The fourth-order valence-corrected chi connectivity index (χ4v) is 3.34. The van der Waals surface area contributed by atoms with E-state index in [0.29, 0.717) is 6.54 Å². The van der Waals surface area contributed by atoms with E-state index in [9.17, 15) is 18.0 Å². The van der Waals surface area contributed by atoms with Gasteiger partial charge in [-0.25, -0.2) is 0 Å². The quantitative estimate of drug-likeness (QED) is 0.623. The summed E-state index contributed by atoms with van der Waals surface area (Å²) < 4.78 is 38.9. The Labute approximate surface area is 143 Å². The summed E-state index contributed by atoms with van der Waals surface area (Å²) in [4.78, 5) is 12.1. The normalized spacial score (nSPS) is 16.6. The van der Waals surface area contributed by atoms with Gasteiger partial charge in [-0.15, -0.1) is 10.2 Å². The van der Waals surface area contributed by atoms with Gasteiger partial charge in [0.25, 0.3) is 0 Å². The predicted molar refractivity (Wildman–Crippen MR) is 85.5 cm³/mol. The summed E-state index contributed by atoms with van der Waals surface area (Å²) in [6, 6.07) is 0. The van der Waals surface area contributed by atoms with Gasteiger partial charge in [0.15, 0.2) is 5.16 Å². The first-order valence-corrected chi connectivity index (χ1v) is 8.76. The van der Waals surface area contributed by atoms with Gasteiger partial charge in [-0.1, -0.05) is 23.4 Å². The highest BCUT2D eigenvalue weighted by molar-refractivity contribution is 8.00. The number of alkyl halides is 3. The molecule has 134 valence electrons. The average molecular weight is 362 g/mol. The molecule has 0 fully saturated rings. The van der Waals surface area contributed by atoms with Crippen LogP contribution in [0.4, 0.5) is 13.2 Å². The molecule has 0 bridgehead atoms. The molecule has 1 aromatic rings. The SMILES string of the molecule is C[C@H](Sc1nnc(C(F)(F)F)n1C)C(=O)NCCC1=CCCCC1. The lowest BCUT2D eigenvalue weighted by atomic mass is 9.97. The number of amides is 1. The third-order valence-corrected chi connectivity index (χ3v) is 5.00. The summed E-state index contributed by atoms with van der Waals surface area (Å²) in [5, 5.41) is 9.02. The number of hydrogen-bond acceptors (Lipinski definition) is 4. The smallest absolute Gasteiger partial charge is 0.355 e. The second kappa shape index (κ2) is 8.04. The monoisotopic (exact) mass is 362 g/mol. The van der Waals surface area contributed by atoms with E-state index in [4.69, 9.17) is 0 Å². The molecule has 0 aromatic carbocycles. The molecule has 1 N–H and O–H groups in total. The summed E-state index contributed by atoms with van der Waals surface area (Å²) >= 11 is 0.964. The number of halogens is 3. The molecule has 0 saturated carbocycles. The van der Waals surface area contributed by atoms with Crippen molar-refractivity contribution in [1.82, 2.24) is 20.1 Å². The number of nitrogens with one attached hydrogen (secondary N) is 1. The largest absolute Gasteiger partial charge is 0.451 e. The first-order chi connectivity index (χ1) is 11.3. The summed E-state index contributed by atoms with van der Waals surface area (Å²) in [6.45, 7) is 2.18. The van der Waals surface area contributed by atoms with Crippen LogP contribution in [-0.2, 0) is 18.0 Å². The number of carbonyl (C=O) groups is 1. The Morgan fingerprint density at radius 2 is 2.17 bits per heavy atom. The molecule has 1 aromatic heterocycles. The number of aromatic nitrogens is 3. The maximum absolute atomic E-state index is 12.7. The van der Waals surface area contributed by atoms with Crippen LogP contribution in [0.3, 0.4) is 0 Å². The van der Waals surface area contributed by atoms with Gasteiger partial charge in [0, 0.05) is 13.6 Å². The fraction of sp³-hybridized carbons (Fsp3) is 0.667. The minimum Gasteiger partial charge on any atom is -0.355 e. The molecule has 2 rings (SSSR count). The Bertz CT molecular complexity index is 612. The first kappa shape index (κ1) is 18.8. The van der Waals surface area contributed by atoms with E-state index in [2.05, 4.69) is 21.6 Å². The van der Waals surface area contributed by atoms with E-state index in [1.54, 1.807) is 6.92 Å². The second-order valence-corrected chi connectivity index (χ2v) is 7.08. The van der Waals surface area contributed by atoms with Crippen LogP contribution in [0.1, 0.15) is 44.9 Å². The molecule has 0 aliphatic heterocycles. The number of hydrogen-bond donors (Lipinski definition) is 1. The number of thioether (sulfide) groups is 1. The van der Waals surface area contributed by atoms with Crippen molar-refractivity contribution in [2.75, 3.05) is 6.54 Å². The summed E-state index contributed by atoms with van der Waals surface area (Å²) in [7, 11) is 1.24. The maximum atomic E-state index is 12.7. The van der Waals surface area contributed by atoms with Crippen LogP contribution < -0.4 is 5.32 Å². The van der Waals surface area contributed by atoms with Crippen LogP contribution >= 0.6 is 11.8 Å². The molecule has 0 unspecified atom stereocenters.